The largest absolute Gasteiger partial charge is 0.456 e. The van der Waals surface area contributed by atoms with Gasteiger partial charge in [0.25, 0.3) is 0 Å². The third-order valence-electron chi connectivity index (χ3n) is 7.14. The van der Waals surface area contributed by atoms with Gasteiger partial charge >= 0.3 is 0 Å². The van der Waals surface area contributed by atoms with Crippen molar-refractivity contribution in [3.05, 3.63) is 169 Å². The smallest absolute Gasteiger partial charge is 0.136 e. The van der Waals surface area contributed by atoms with Gasteiger partial charge in [-0.25, -0.2) is 0 Å². The van der Waals surface area contributed by atoms with Crippen molar-refractivity contribution in [3.8, 4) is 44.5 Å². The topological polar surface area (TPSA) is 13.1 Å². The van der Waals surface area contributed by atoms with Crippen LogP contribution in [0.25, 0.3) is 88.0 Å². The van der Waals surface area contributed by atoms with E-state index in [0.29, 0.717) is 0 Å². The molecule has 0 bridgehead atoms. The van der Waals surface area contributed by atoms with E-state index in [0.717, 1.165) is 0 Å². The van der Waals surface area contributed by atoms with Crippen molar-refractivity contribution in [1.82, 2.24) is 0 Å². The predicted molar refractivity (Wildman–Crippen MR) is 190 cm³/mol. The zero-order chi connectivity index (χ0) is 54.1. The maximum absolute atomic E-state index is 9.77. The standard InChI is InChI=1S/C44H28O/c1-3-14-29(15-4-1)32-18-7-8-19-34(32)43-37-22-11-9-20-35(37)42(36-21-10-12-23-38(36)43)31-26-27-39-41(28-31)45-40-25-13-24-33(44(39)40)30-16-5-2-6-17-30/h1-28H/i1D,2D,3D,4D,5D,6D,7D,8D,9D,10D,11D,12D,13D,14D,15D,16D,17D,18D,19D,20D,21D,22D,23D,24D,25D,26D,27D,28D. The molecule has 210 valence electrons. The molecule has 1 heteroatoms. The van der Waals surface area contributed by atoms with Gasteiger partial charge in [-0.05, 0) is 84.2 Å². The molecule has 1 aromatic heterocycles. The van der Waals surface area contributed by atoms with Gasteiger partial charge in [-0.15, -0.1) is 0 Å². The fourth-order valence-electron chi connectivity index (χ4n) is 5.32. The lowest BCUT2D eigenvalue weighted by Crippen LogP contribution is -1.92. The van der Waals surface area contributed by atoms with E-state index in [9.17, 15) is 11.0 Å². The van der Waals surface area contributed by atoms with Crippen molar-refractivity contribution in [2.45, 2.75) is 0 Å². The summed E-state index contributed by atoms with van der Waals surface area (Å²) in [6.07, 6.45) is 0. The second kappa shape index (κ2) is 10.4. The quantitative estimate of drug-likeness (QED) is 0.183. The van der Waals surface area contributed by atoms with Crippen molar-refractivity contribution in [2.24, 2.45) is 0 Å². The molecule has 0 fully saturated rings. The van der Waals surface area contributed by atoms with Gasteiger partial charge in [0, 0.05) is 10.8 Å². The SMILES string of the molecule is [2H]c1c([2H])c([2H])c(-c2c([2H])c([2H])c([2H])c([2H])c2-c2c3c([2H])c([2H])c([2H])c([2H])c3c(-c3c([2H])c([2H])c4c(oc5c([2H])c([2H])c([2H])c(-c6c([2H])c([2H])c([2H])c([2H])c6[2H])c54)c3[2H])c3c([2H])c([2H])c([2H])c([2H])c23)c([2H])c1[2H]. The van der Waals surface area contributed by atoms with Crippen LogP contribution in [0.4, 0.5) is 0 Å². The molecule has 0 aliphatic carbocycles. The summed E-state index contributed by atoms with van der Waals surface area (Å²) >= 11 is 0. The summed E-state index contributed by atoms with van der Waals surface area (Å²) in [5.74, 6) is 0. The van der Waals surface area contributed by atoms with Crippen molar-refractivity contribution in [2.75, 3.05) is 0 Å². The number of hydrogen-bond acceptors (Lipinski definition) is 1. The number of rotatable bonds is 4. The van der Waals surface area contributed by atoms with Gasteiger partial charge in [0.2, 0.25) is 0 Å². The molecule has 0 atom stereocenters. The van der Waals surface area contributed by atoms with Gasteiger partial charge in [-0.2, -0.15) is 0 Å². The highest BCUT2D eigenvalue weighted by molar-refractivity contribution is 6.23. The third-order valence-corrected chi connectivity index (χ3v) is 7.14. The van der Waals surface area contributed by atoms with Crippen molar-refractivity contribution >= 4 is 43.5 Å². The molecule has 0 radical (unpaired) electrons. The Morgan fingerprint density at radius 2 is 0.844 bits per heavy atom. The van der Waals surface area contributed by atoms with Crippen LogP contribution in [-0.4, -0.2) is 0 Å². The summed E-state index contributed by atoms with van der Waals surface area (Å²) in [7, 11) is 0. The predicted octanol–water partition coefficient (Wildman–Crippen LogP) is 12.6. The van der Waals surface area contributed by atoms with Crippen LogP contribution < -0.4 is 0 Å². The van der Waals surface area contributed by atoms with Crippen LogP contribution in [0.2, 0.25) is 0 Å². The van der Waals surface area contributed by atoms with E-state index in [1.165, 1.54) is 0 Å². The average molecular weight is 601 g/mol. The average Bonchev–Trinajstić information content (AvgIpc) is 3.77. The van der Waals surface area contributed by atoms with Gasteiger partial charge in [-0.3, -0.25) is 0 Å². The Morgan fingerprint density at radius 3 is 1.49 bits per heavy atom. The molecular formula is C44H28O. The summed E-state index contributed by atoms with van der Waals surface area (Å²) in [4.78, 5) is 0. The Bertz CT molecular complexity index is 3980. The minimum Gasteiger partial charge on any atom is -0.456 e. The summed E-state index contributed by atoms with van der Waals surface area (Å²) in [5.41, 5.74) is -7.60. The molecule has 1 heterocycles. The molecular weight excluding hydrogens is 544 g/mol. The Morgan fingerprint density at radius 1 is 0.333 bits per heavy atom. The van der Waals surface area contributed by atoms with Crippen molar-refractivity contribution < 1.29 is 42.8 Å². The zero-order valence-corrected chi connectivity index (χ0v) is 22.4. The summed E-state index contributed by atoms with van der Waals surface area (Å²) < 4.78 is 256. The van der Waals surface area contributed by atoms with E-state index in [4.69, 9.17) is 31.8 Å². The number of hydrogen-bond donors (Lipinski definition) is 0. The number of furan rings is 1. The highest BCUT2D eigenvalue weighted by Crippen LogP contribution is 2.47. The first-order valence-corrected chi connectivity index (χ1v) is 13.2. The van der Waals surface area contributed by atoms with E-state index < -0.39 is 257 Å². The molecule has 0 saturated carbocycles. The van der Waals surface area contributed by atoms with Crippen LogP contribution in [0.3, 0.4) is 0 Å². The molecule has 0 unspecified atom stereocenters. The van der Waals surface area contributed by atoms with Gasteiger partial charge in [-0.1, -0.05) is 151 Å². The molecule has 0 saturated heterocycles. The Labute approximate surface area is 301 Å². The minimum absolute atomic E-state index is 0.509. The van der Waals surface area contributed by atoms with Gasteiger partial charge in [0.1, 0.15) is 11.2 Å². The summed E-state index contributed by atoms with van der Waals surface area (Å²) in [6, 6.07) is -27.1. The Balaban J connectivity index is 1.60. The second-order valence-corrected chi connectivity index (χ2v) is 9.51. The van der Waals surface area contributed by atoms with Crippen LogP contribution in [0.5, 0.6) is 0 Å². The van der Waals surface area contributed by atoms with Crippen LogP contribution >= 0.6 is 0 Å². The first-order valence-electron chi connectivity index (χ1n) is 27.2. The van der Waals surface area contributed by atoms with Crippen LogP contribution in [0.1, 0.15) is 38.4 Å². The first kappa shape index (κ1) is 10.1. The molecule has 9 aromatic rings. The highest BCUT2D eigenvalue weighted by atomic mass is 16.3. The molecule has 0 aliphatic rings. The lowest BCUT2D eigenvalue weighted by atomic mass is 9.84. The molecule has 1 nitrogen and oxygen atoms in total. The van der Waals surface area contributed by atoms with E-state index in [-0.39, 0.29) is 0 Å². The number of fused-ring (bicyclic) bond motifs is 5. The van der Waals surface area contributed by atoms with Gasteiger partial charge in [0.05, 0.1) is 38.4 Å². The van der Waals surface area contributed by atoms with Gasteiger partial charge < -0.3 is 4.42 Å². The number of benzene rings is 8. The van der Waals surface area contributed by atoms with Crippen molar-refractivity contribution in [3.63, 3.8) is 0 Å². The Hall–Kier alpha value is -5.92. The van der Waals surface area contributed by atoms with Crippen molar-refractivity contribution in [1.29, 1.82) is 0 Å². The summed E-state index contributed by atoms with van der Waals surface area (Å²) in [5, 5.41) is -4.22. The zero-order valence-electron chi connectivity index (χ0n) is 50.4. The molecule has 0 amide bonds. The normalized spacial score (nSPS) is 20.3. The molecule has 45 heavy (non-hydrogen) atoms. The lowest BCUT2D eigenvalue weighted by Gasteiger charge is -2.19. The highest BCUT2D eigenvalue weighted by Gasteiger charge is 2.20. The third kappa shape index (κ3) is 4.09. The Kier molecular flexibility index (Phi) is 2.32. The molecule has 0 spiro atoms. The van der Waals surface area contributed by atoms with E-state index >= 15 is 0 Å². The molecule has 9 rings (SSSR count). The molecule has 8 aromatic carbocycles. The molecule has 0 aliphatic heterocycles. The fraction of sp³-hybridized carbons (Fsp3) is 0. The van der Waals surface area contributed by atoms with E-state index in [2.05, 4.69) is 0 Å². The van der Waals surface area contributed by atoms with E-state index in [1.807, 2.05) is 0 Å². The maximum Gasteiger partial charge on any atom is 0.136 e. The van der Waals surface area contributed by atoms with Gasteiger partial charge in [0.15, 0.2) is 0 Å². The van der Waals surface area contributed by atoms with Crippen LogP contribution in [0.15, 0.2) is 174 Å². The summed E-state index contributed by atoms with van der Waals surface area (Å²) in [6.45, 7) is 0. The fourth-order valence-corrected chi connectivity index (χ4v) is 5.32. The minimum atomic E-state index is -1.07. The monoisotopic (exact) mass is 600 g/mol. The second-order valence-electron chi connectivity index (χ2n) is 9.51. The van der Waals surface area contributed by atoms with E-state index in [1.54, 1.807) is 0 Å². The molecule has 0 N–H and O–H groups in total. The van der Waals surface area contributed by atoms with Crippen LogP contribution in [-0.2, 0) is 0 Å². The maximum atomic E-state index is 9.77. The first-order chi connectivity index (χ1) is 34.0. The van der Waals surface area contributed by atoms with Crippen LogP contribution in [0, 0.1) is 0 Å². The lowest BCUT2D eigenvalue weighted by molar-refractivity contribution is 0.669.